The summed E-state index contributed by atoms with van der Waals surface area (Å²) in [6.45, 7) is 4.06. The molecule has 0 radical (unpaired) electrons. The van der Waals surface area contributed by atoms with Crippen LogP contribution >= 0.6 is 0 Å². The lowest BCUT2D eigenvalue weighted by molar-refractivity contribution is -0.137. The van der Waals surface area contributed by atoms with Crippen LogP contribution in [0.4, 0.5) is 0 Å². The van der Waals surface area contributed by atoms with E-state index in [1.165, 1.54) is 18.1 Å². The fraction of sp³-hybridized carbons (Fsp3) is 0.458. The van der Waals surface area contributed by atoms with Gasteiger partial charge in [0.2, 0.25) is 5.91 Å². The molecule has 2 aliphatic heterocycles. The molecule has 10 heteroatoms. The number of imide groups is 1. The van der Waals surface area contributed by atoms with Crippen molar-refractivity contribution >= 4 is 23.7 Å². The number of amides is 3. The zero-order valence-electron chi connectivity index (χ0n) is 18.9. The smallest absolute Gasteiger partial charge is 0.253 e. The number of benzene rings is 1. The predicted octanol–water partition coefficient (Wildman–Crippen LogP) is 1.08. The van der Waals surface area contributed by atoms with E-state index in [4.69, 9.17) is 24.1 Å². The van der Waals surface area contributed by atoms with Crippen molar-refractivity contribution in [1.82, 2.24) is 10.2 Å². The summed E-state index contributed by atoms with van der Waals surface area (Å²) in [6, 6.07) is 7.41. The summed E-state index contributed by atoms with van der Waals surface area (Å²) >= 11 is 0. The van der Waals surface area contributed by atoms with Gasteiger partial charge in [-0.2, -0.15) is 0 Å². The SMILES string of the molecule is C=C=O.O=C(CCN1C(=O)C=CC1=O)NCCCCC1COC(c2ccc(OCCO)cc2)O1. The third-order valence-electron chi connectivity index (χ3n) is 5.00. The van der Waals surface area contributed by atoms with Crippen molar-refractivity contribution in [2.24, 2.45) is 0 Å². The van der Waals surface area contributed by atoms with Gasteiger partial charge >= 0.3 is 0 Å². The molecule has 2 unspecified atom stereocenters. The minimum Gasteiger partial charge on any atom is -0.491 e. The van der Waals surface area contributed by atoms with Gasteiger partial charge in [-0.1, -0.05) is 12.1 Å². The maximum Gasteiger partial charge on any atom is 0.253 e. The number of aliphatic hydroxyl groups is 1. The van der Waals surface area contributed by atoms with Crippen molar-refractivity contribution in [3.63, 3.8) is 0 Å². The molecule has 0 saturated carbocycles. The fourth-order valence-electron chi connectivity index (χ4n) is 3.34. The van der Waals surface area contributed by atoms with Gasteiger partial charge in [0.1, 0.15) is 18.3 Å². The molecular weight excluding hydrogens is 444 g/mol. The number of carbonyl (C=O) groups is 3. The summed E-state index contributed by atoms with van der Waals surface area (Å²) in [5.41, 5.74) is 0.913. The molecule has 3 amide bonds. The third-order valence-corrected chi connectivity index (χ3v) is 5.00. The Hall–Kier alpha value is -3.30. The lowest BCUT2D eigenvalue weighted by Gasteiger charge is -2.14. The van der Waals surface area contributed by atoms with Gasteiger partial charge in [-0.15, -0.1) is 0 Å². The number of unbranched alkanes of at least 4 members (excludes halogenated alkanes) is 1. The van der Waals surface area contributed by atoms with Crippen molar-refractivity contribution in [3.8, 4) is 5.75 Å². The largest absolute Gasteiger partial charge is 0.491 e. The number of rotatable bonds is 12. The molecule has 1 aromatic carbocycles. The monoisotopic (exact) mass is 474 g/mol. The quantitative estimate of drug-likeness (QED) is 0.261. The molecule has 34 heavy (non-hydrogen) atoms. The molecule has 2 N–H and O–H groups in total. The Morgan fingerprint density at radius 1 is 1.21 bits per heavy atom. The van der Waals surface area contributed by atoms with E-state index in [1.807, 2.05) is 24.3 Å². The highest BCUT2D eigenvalue weighted by molar-refractivity contribution is 6.13. The van der Waals surface area contributed by atoms with Crippen LogP contribution in [-0.2, 0) is 28.7 Å². The van der Waals surface area contributed by atoms with E-state index in [0.717, 1.165) is 29.7 Å². The molecule has 2 heterocycles. The van der Waals surface area contributed by atoms with Gasteiger partial charge in [0, 0.05) is 37.2 Å². The minimum atomic E-state index is -0.401. The van der Waals surface area contributed by atoms with Crippen LogP contribution in [0.25, 0.3) is 0 Å². The number of carbonyl (C=O) groups excluding carboxylic acids is 4. The van der Waals surface area contributed by atoms with E-state index in [-0.39, 0.29) is 50.0 Å². The highest BCUT2D eigenvalue weighted by Crippen LogP contribution is 2.30. The van der Waals surface area contributed by atoms with Gasteiger partial charge in [0.25, 0.3) is 11.8 Å². The normalized spacial score (nSPS) is 18.9. The standard InChI is InChI=1S/C22H28N2O7.C2H2O/c25-13-14-29-17-6-4-16(5-7-17)22-30-15-18(31-22)3-1-2-11-23-19(26)10-12-24-20(27)8-9-21(24)28;1-2-3/h4-9,18,22,25H,1-3,10-15H2,(H,23,26);1H2. The van der Waals surface area contributed by atoms with Crippen molar-refractivity contribution in [3.05, 3.63) is 48.6 Å². The third kappa shape index (κ3) is 8.92. The Morgan fingerprint density at radius 2 is 1.88 bits per heavy atom. The van der Waals surface area contributed by atoms with Gasteiger partial charge in [-0.05, 0) is 38.0 Å². The Bertz CT molecular complexity index is 859. The number of nitrogens with zero attached hydrogens (tertiary/aromatic N) is 1. The zero-order valence-corrected chi connectivity index (χ0v) is 18.9. The van der Waals surface area contributed by atoms with Crippen LogP contribution in [0, 0.1) is 0 Å². The Morgan fingerprint density at radius 3 is 2.53 bits per heavy atom. The van der Waals surface area contributed by atoms with Crippen LogP contribution in [0.3, 0.4) is 0 Å². The zero-order chi connectivity index (χ0) is 24.8. The highest BCUT2D eigenvalue weighted by atomic mass is 16.7. The molecule has 1 fully saturated rings. The predicted molar refractivity (Wildman–Crippen MR) is 121 cm³/mol. The van der Waals surface area contributed by atoms with Crippen LogP contribution in [0.5, 0.6) is 5.75 Å². The molecule has 2 aliphatic rings. The first-order chi connectivity index (χ1) is 16.5. The second kappa shape index (κ2) is 14.8. The Balaban J connectivity index is 0.00000129. The molecule has 10 nitrogen and oxygen atoms in total. The molecule has 1 aromatic rings. The van der Waals surface area contributed by atoms with Crippen LogP contribution in [-0.4, -0.2) is 72.7 Å². The van der Waals surface area contributed by atoms with E-state index < -0.39 is 6.29 Å². The summed E-state index contributed by atoms with van der Waals surface area (Å²) in [6.07, 6.45) is 4.63. The molecule has 0 spiro atoms. The highest BCUT2D eigenvalue weighted by Gasteiger charge is 2.27. The van der Waals surface area contributed by atoms with Crippen molar-refractivity contribution in [2.75, 3.05) is 32.9 Å². The number of aliphatic hydroxyl groups excluding tert-OH is 1. The summed E-state index contributed by atoms with van der Waals surface area (Å²) in [5, 5.41) is 11.6. The van der Waals surface area contributed by atoms with Crippen LogP contribution < -0.4 is 10.1 Å². The average Bonchev–Trinajstić information content (AvgIpc) is 3.43. The first-order valence-electron chi connectivity index (χ1n) is 11.0. The Labute approximate surface area is 198 Å². The van der Waals surface area contributed by atoms with E-state index >= 15 is 0 Å². The van der Waals surface area contributed by atoms with E-state index in [9.17, 15) is 14.4 Å². The minimum absolute atomic E-state index is 0.00529. The van der Waals surface area contributed by atoms with Crippen molar-refractivity contribution < 1.29 is 38.5 Å². The van der Waals surface area contributed by atoms with Crippen molar-refractivity contribution in [2.45, 2.75) is 38.1 Å². The average molecular weight is 475 g/mol. The van der Waals surface area contributed by atoms with E-state index in [1.54, 1.807) is 0 Å². The molecule has 184 valence electrons. The molecule has 0 aromatic heterocycles. The van der Waals surface area contributed by atoms with Gasteiger partial charge in [-0.3, -0.25) is 19.3 Å². The van der Waals surface area contributed by atoms with Gasteiger partial charge in [0.15, 0.2) is 6.29 Å². The van der Waals surface area contributed by atoms with E-state index in [0.29, 0.717) is 18.9 Å². The number of nitrogens with one attached hydrogen (secondary N) is 1. The van der Waals surface area contributed by atoms with Crippen LogP contribution in [0.15, 0.2) is 43.0 Å². The molecule has 0 aliphatic carbocycles. The maximum absolute atomic E-state index is 11.9. The lowest BCUT2D eigenvalue weighted by Crippen LogP contribution is -2.35. The summed E-state index contributed by atoms with van der Waals surface area (Å²) in [7, 11) is 0. The van der Waals surface area contributed by atoms with Gasteiger partial charge in [-0.25, -0.2) is 4.79 Å². The number of hydrogen-bond acceptors (Lipinski definition) is 8. The molecule has 2 atom stereocenters. The van der Waals surface area contributed by atoms with Gasteiger partial charge < -0.3 is 24.6 Å². The second-order valence-corrected chi connectivity index (χ2v) is 7.47. The number of hydrogen-bond donors (Lipinski definition) is 2. The number of ether oxygens (including phenoxy) is 3. The van der Waals surface area contributed by atoms with Crippen LogP contribution in [0.2, 0.25) is 0 Å². The topological polar surface area (TPSA) is 131 Å². The molecular formula is C24H30N2O8. The van der Waals surface area contributed by atoms with E-state index in [2.05, 4.69) is 11.9 Å². The maximum atomic E-state index is 11.9. The Kier molecular flexibility index (Phi) is 11.7. The second-order valence-electron chi connectivity index (χ2n) is 7.47. The molecule has 3 rings (SSSR count). The van der Waals surface area contributed by atoms with Crippen molar-refractivity contribution in [1.29, 1.82) is 0 Å². The lowest BCUT2D eigenvalue weighted by atomic mass is 10.1. The fourth-order valence-corrected chi connectivity index (χ4v) is 3.34. The summed E-state index contributed by atoms with van der Waals surface area (Å²) < 4.78 is 17.0. The first-order valence-corrected chi connectivity index (χ1v) is 11.0. The summed E-state index contributed by atoms with van der Waals surface area (Å²) in [4.78, 5) is 44.4. The van der Waals surface area contributed by atoms with Crippen LogP contribution in [0.1, 0.15) is 37.5 Å². The molecule has 1 saturated heterocycles. The summed E-state index contributed by atoms with van der Waals surface area (Å²) in [5.74, 6) is 1.01. The van der Waals surface area contributed by atoms with Gasteiger partial charge in [0.05, 0.1) is 19.3 Å². The first kappa shape index (κ1) is 26.9. The molecule has 0 bridgehead atoms.